The van der Waals surface area contributed by atoms with Gasteiger partial charge in [0.05, 0.1) is 11.8 Å². The summed E-state index contributed by atoms with van der Waals surface area (Å²) in [4.78, 5) is 15.0. The van der Waals surface area contributed by atoms with Gasteiger partial charge in [0.25, 0.3) is 5.91 Å². The highest BCUT2D eigenvalue weighted by Gasteiger charge is 2.25. The first-order chi connectivity index (χ1) is 11.8. The zero-order chi connectivity index (χ0) is 16.5. The molecule has 0 bridgehead atoms. The third-order valence-corrected chi connectivity index (χ3v) is 4.68. The Balaban J connectivity index is 1.67. The minimum atomic E-state index is 0.0698. The lowest BCUT2D eigenvalue weighted by Crippen LogP contribution is -2.37. The molecule has 3 heterocycles. The Kier molecular flexibility index (Phi) is 3.73. The monoisotopic (exact) mass is 320 g/mol. The van der Waals surface area contributed by atoms with Crippen molar-refractivity contribution in [2.24, 2.45) is 0 Å². The van der Waals surface area contributed by atoms with Crippen molar-refractivity contribution in [2.45, 2.75) is 26.4 Å². The smallest absolute Gasteiger partial charge is 0.270 e. The number of benzene rings is 1. The summed E-state index contributed by atoms with van der Waals surface area (Å²) in [6, 6.07) is 12.1. The second-order valence-corrected chi connectivity index (χ2v) is 6.12. The molecule has 4 rings (SSSR count). The number of rotatable bonds is 3. The molecule has 0 saturated carbocycles. The molecule has 122 valence electrons. The Labute approximate surface area is 141 Å². The van der Waals surface area contributed by atoms with E-state index in [4.69, 9.17) is 4.42 Å². The van der Waals surface area contributed by atoms with Gasteiger partial charge < -0.3 is 13.9 Å². The number of amides is 1. The molecule has 1 aliphatic heterocycles. The van der Waals surface area contributed by atoms with Gasteiger partial charge in [-0.2, -0.15) is 0 Å². The van der Waals surface area contributed by atoms with Crippen LogP contribution in [0.5, 0.6) is 0 Å². The largest absolute Gasteiger partial charge is 0.463 e. The molecule has 2 aromatic heterocycles. The lowest BCUT2D eigenvalue weighted by Gasteiger charge is -2.29. The lowest BCUT2D eigenvalue weighted by molar-refractivity contribution is 0.0724. The molecule has 1 aromatic carbocycles. The molecule has 0 unspecified atom stereocenters. The zero-order valence-corrected chi connectivity index (χ0v) is 13.7. The van der Waals surface area contributed by atoms with Gasteiger partial charge in [-0.1, -0.05) is 36.4 Å². The molecule has 0 spiro atoms. The predicted octanol–water partition coefficient (Wildman–Crippen LogP) is 4.01. The van der Waals surface area contributed by atoms with E-state index < -0.39 is 0 Å². The summed E-state index contributed by atoms with van der Waals surface area (Å²) in [7, 11) is 0. The third-order valence-electron chi connectivity index (χ3n) is 4.68. The van der Waals surface area contributed by atoms with Crippen LogP contribution >= 0.6 is 0 Å². The summed E-state index contributed by atoms with van der Waals surface area (Å²) in [5.74, 6) is 0.0698. The van der Waals surface area contributed by atoms with E-state index in [1.54, 1.807) is 6.26 Å². The fraction of sp³-hybridized carbons (Fsp3) is 0.250. The Morgan fingerprint density at radius 3 is 2.92 bits per heavy atom. The summed E-state index contributed by atoms with van der Waals surface area (Å²) < 4.78 is 7.53. The normalized spacial score (nSPS) is 14.5. The number of carbonyl (C=O) groups excluding carboxylic acids is 1. The summed E-state index contributed by atoms with van der Waals surface area (Å²) in [5, 5.41) is 0. The van der Waals surface area contributed by atoms with Crippen LogP contribution in [-0.2, 0) is 19.5 Å². The van der Waals surface area contributed by atoms with Crippen LogP contribution in [-0.4, -0.2) is 21.9 Å². The molecule has 0 saturated heterocycles. The van der Waals surface area contributed by atoms with Gasteiger partial charge in [-0.3, -0.25) is 4.79 Å². The summed E-state index contributed by atoms with van der Waals surface area (Å²) >= 11 is 0. The average Bonchev–Trinajstić information content (AvgIpc) is 3.20. The molecule has 0 aliphatic carbocycles. The Morgan fingerprint density at radius 1 is 1.25 bits per heavy atom. The molecule has 0 fully saturated rings. The van der Waals surface area contributed by atoms with Crippen LogP contribution in [0.4, 0.5) is 0 Å². The number of aromatic nitrogens is 1. The van der Waals surface area contributed by atoms with Gasteiger partial charge >= 0.3 is 0 Å². The highest BCUT2D eigenvalue weighted by molar-refractivity contribution is 5.97. The van der Waals surface area contributed by atoms with Gasteiger partial charge in [0, 0.05) is 31.8 Å². The number of hydrogen-bond acceptors (Lipinski definition) is 2. The van der Waals surface area contributed by atoms with Crippen molar-refractivity contribution >= 4 is 17.0 Å². The molecular weight excluding hydrogens is 300 g/mol. The van der Waals surface area contributed by atoms with Gasteiger partial charge in [0.1, 0.15) is 5.69 Å². The SMILES string of the molecule is C/C=C\Cn1c(C(=O)N2CCc3ccccc3C2)cc2occc21. The summed E-state index contributed by atoms with van der Waals surface area (Å²) in [6.07, 6.45) is 6.63. The van der Waals surface area contributed by atoms with Gasteiger partial charge in [-0.15, -0.1) is 0 Å². The van der Waals surface area contributed by atoms with Crippen LogP contribution < -0.4 is 0 Å². The van der Waals surface area contributed by atoms with E-state index in [1.165, 1.54) is 11.1 Å². The maximum Gasteiger partial charge on any atom is 0.270 e. The zero-order valence-electron chi connectivity index (χ0n) is 13.7. The van der Waals surface area contributed by atoms with E-state index in [0.717, 1.165) is 24.1 Å². The van der Waals surface area contributed by atoms with E-state index in [0.29, 0.717) is 18.8 Å². The molecule has 1 aliphatic rings. The van der Waals surface area contributed by atoms with Crippen LogP contribution in [0.15, 0.2) is 59.2 Å². The molecule has 0 radical (unpaired) electrons. The van der Waals surface area contributed by atoms with Crippen molar-refractivity contribution in [2.75, 3.05) is 6.54 Å². The third kappa shape index (κ3) is 2.44. The van der Waals surface area contributed by atoms with Crippen LogP contribution in [0.2, 0.25) is 0 Å². The van der Waals surface area contributed by atoms with Crippen molar-refractivity contribution in [3.05, 3.63) is 71.6 Å². The average molecular weight is 320 g/mol. The molecule has 24 heavy (non-hydrogen) atoms. The van der Waals surface area contributed by atoms with E-state index >= 15 is 0 Å². The predicted molar refractivity (Wildman–Crippen MR) is 93.9 cm³/mol. The second-order valence-electron chi connectivity index (χ2n) is 6.12. The minimum absolute atomic E-state index is 0.0698. The van der Waals surface area contributed by atoms with Crippen molar-refractivity contribution in [3.63, 3.8) is 0 Å². The van der Waals surface area contributed by atoms with Crippen molar-refractivity contribution in [1.29, 1.82) is 0 Å². The van der Waals surface area contributed by atoms with Gasteiger partial charge in [0.15, 0.2) is 5.58 Å². The molecular formula is C20H20N2O2. The van der Waals surface area contributed by atoms with Crippen molar-refractivity contribution in [1.82, 2.24) is 9.47 Å². The highest BCUT2D eigenvalue weighted by atomic mass is 16.3. The second kappa shape index (κ2) is 6.04. The number of carbonyl (C=O) groups is 1. The Bertz CT molecular complexity index is 917. The van der Waals surface area contributed by atoms with Crippen molar-refractivity contribution < 1.29 is 9.21 Å². The highest BCUT2D eigenvalue weighted by Crippen LogP contribution is 2.25. The van der Waals surface area contributed by atoms with Crippen molar-refractivity contribution in [3.8, 4) is 0 Å². The van der Waals surface area contributed by atoms with Gasteiger partial charge in [-0.05, 0) is 24.5 Å². The summed E-state index contributed by atoms with van der Waals surface area (Å²) in [6.45, 7) is 4.08. The van der Waals surface area contributed by atoms with E-state index in [-0.39, 0.29) is 5.91 Å². The quantitative estimate of drug-likeness (QED) is 0.684. The van der Waals surface area contributed by atoms with E-state index in [2.05, 4.69) is 24.3 Å². The number of allylic oxidation sites excluding steroid dienone is 2. The molecule has 3 aromatic rings. The van der Waals surface area contributed by atoms with E-state index in [1.807, 2.05) is 40.7 Å². The first kappa shape index (κ1) is 14.8. The van der Waals surface area contributed by atoms with Crippen LogP contribution in [0.3, 0.4) is 0 Å². The molecule has 0 atom stereocenters. The molecule has 4 nitrogen and oxygen atoms in total. The fourth-order valence-electron chi connectivity index (χ4n) is 3.39. The van der Waals surface area contributed by atoms with E-state index in [9.17, 15) is 4.79 Å². The Morgan fingerprint density at radius 2 is 2.08 bits per heavy atom. The number of hydrogen-bond donors (Lipinski definition) is 0. The first-order valence-corrected chi connectivity index (χ1v) is 8.32. The standard InChI is InChI=1S/C20H20N2O2/c1-2-3-10-22-17-9-12-24-19(17)13-18(22)20(23)21-11-8-15-6-4-5-7-16(15)14-21/h2-7,9,12-13H,8,10-11,14H2,1H3/b3-2-. The van der Waals surface area contributed by atoms with Crippen LogP contribution in [0.25, 0.3) is 11.1 Å². The van der Waals surface area contributed by atoms with Crippen LogP contribution in [0.1, 0.15) is 28.5 Å². The molecule has 4 heteroatoms. The minimum Gasteiger partial charge on any atom is -0.463 e. The molecule has 0 N–H and O–H groups in total. The van der Waals surface area contributed by atoms with Gasteiger partial charge in [0.2, 0.25) is 0 Å². The fourth-order valence-corrected chi connectivity index (χ4v) is 3.39. The topological polar surface area (TPSA) is 38.4 Å². The number of furan rings is 1. The van der Waals surface area contributed by atoms with Gasteiger partial charge in [-0.25, -0.2) is 0 Å². The summed E-state index contributed by atoms with van der Waals surface area (Å²) in [5.41, 5.74) is 5.02. The first-order valence-electron chi connectivity index (χ1n) is 8.32. The Hall–Kier alpha value is -2.75. The lowest BCUT2D eigenvalue weighted by atomic mass is 10.00. The molecule has 1 amide bonds. The maximum atomic E-state index is 13.1. The number of fused-ring (bicyclic) bond motifs is 2. The number of nitrogens with zero attached hydrogens (tertiary/aromatic N) is 2. The maximum absolute atomic E-state index is 13.1. The van der Waals surface area contributed by atoms with Crippen LogP contribution in [0, 0.1) is 0 Å².